The molecule has 2 nitrogen and oxygen atoms in total. The summed E-state index contributed by atoms with van der Waals surface area (Å²) >= 11 is 3.61. The molecular formula is C16H21BrN2. The van der Waals surface area contributed by atoms with E-state index >= 15 is 0 Å². The van der Waals surface area contributed by atoms with Gasteiger partial charge in [0.1, 0.15) is 0 Å². The Balaban J connectivity index is 1.98. The first-order valence-electron chi connectivity index (χ1n) is 6.84. The first-order chi connectivity index (χ1) is 9.22. The lowest BCUT2D eigenvalue weighted by Crippen LogP contribution is -2.20. The summed E-state index contributed by atoms with van der Waals surface area (Å²) < 4.78 is 3.48. The molecule has 0 aliphatic rings. The average molecular weight is 321 g/mol. The largest absolute Gasteiger partial charge is 0.350 e. The maximum absolute atomic E-state index is 3.61. The number of aromatic nitrogens is 1. The fraction of sp³-hybridized carbons (Fsp3) is 0.375. The number of nitrogens with one attached hydrogen (secondary N) is 1. The van der Waals surface area contributed by atoms with Gasteiger partial charge < -0.3 is 9.88 Å². The van der Waals surface area contributed by atoms with Crippen molar-refractivity contribution in [1.29, 1.82) is 0 Å². The molecule has 1 aromatic heterocycles. The van der Waals surface area contributed by atoms with Crippen molar-refractivity contribution in [2.75, 3.05) is 0 Å². The van der Waals surface area contributed by atoms with E-state index in [4.69, 9.17) is 0 Å². The summed E-state index contributed by atoms with van der Waals surface area (Å²) in [5, 5.41) is 3.59. The van der Waals surface area contributed by atoms with E-state index in [2.05, 4.69) is 76.2 Å². The lowest BCUT2D eigenvalue weighted by Gasteiger charge is -2.17. The van der Waals surface area contributed by atoms with Gasteiger partial charge in [-0.05, 0) is 37.1 Å². The van der Waals surface area contributed by atoms with Crippen LogP contribution in [0, 0.1) is 0 Å². The van der Waals surface area contributed by atoms with Crippen molar-refractivity contribution in [3.8, 4) is 0 Å². The van der Waals surface area contributed by atoms with Crippen LogP contribution in [0.15, 0.2) is 47.1 Å². The van der Waals surface area contributed by atoms with Crippen LogP contribution >= 0.6 is 15.9 Å². The van der Waals surface area contributed by atoms with Crippen LogP contribution in [-0.2, 0) is 13.1 Å². The number of hydrogen-bond donors (Lipinski definition) is 1. The summed E-state index contributed by atoms with van der Waals surface area (Å²) in [5.41, 5.74) is 2.65. The van der Waals surface area contributed by atoms with E-state index in [1.807, 2.05) is 6.07 Å². The molecule has 19 heavy (non-hydrogen) atoms. The Morgan fingerprint density at radius 2 is 2.00 bits per heavy atom. The summed E-state index contributed by atoms with van der Waals surface area (Å²) in [6.45, 7) is 6.40. The SMILES string of the molecule is CCCn1cccc1CNC(C)c1ccccc1Br. The molecule has 0 saturated heterocycles. The molecule has 0 saturated carbocycles. The van der Waals surface area contributed by atoms with Crippen LogP contribution in [0.2, 0.25) is 0 Å². The summed E-state index contributed by atoms with van der Waals surface area (Å²) in [5.74, 6) is 0. The van der Waals surface area contributed by atoms with E-state index in [1.165, 1.54) is 22.2 Å². The maximum Gasteiger partial charge on any atom is 0.0364 e. The van der Waals surface area contributed by atoms with Crippen molar-refractivity contribution in [2.24, 2.45) is 0 Å². The average Bonchev–Trinajstić information content (AvgIpc) is 2.84. The summed E-state index contributed by atoms with van der Waals surface area (Å²) in [6.07, 6.45) is 3.32. The van der Waals surface area contributed by atoms with E-state index in [0.29, 0.717) is 6.04 Å². The lowest BCUT2D eigenvalue weighted by molar-refractivity contribution is 0.540. The van der Waals surface area contributed by atoms with Gasteiger partial charge in [0.15, 0.2) is 0 Å². The number of rotatable bonds is 6. The molecule has 0 amide bonds. The van der Waals surface area contributed by atoms with Gasteiger partial charge in [0, 0.05) is 35.5 Å². The van der Waals surface area contributed by atoms with Crippen molar-refractivity contribution in [3.63, 3.8) is 0 Å². The molecule has 1 N–H and O–H groups in total. The summed E-state index contributed by atoms with van der Waals surface area (Å²) in [6, 6.07) is 13.0. The Labute approximate surface area is 124 Å². The molecule has 1 aromatic carbocycles. The Morgan fingerprint density at radius 3 is 2.74 bits per heavy atom. The van der Waals surface area contributed by atoms with Gasteiger partial charge in [-0.3, -0.25) is 0 Å². The normalized spacial score (nSPS) is 12.6. The van der Waals surface area contributed by atoms with E-state index in [0.717, 1.165) is 13.1 Å². The highest BCUT2D eigenvalue weighted by molar-refractivity contribution is 9.10. The van der Waals surface area contributed by atoms with Gasteiger partial charge in [0.25, 0.3) is 0 Å². The molecule has 2 aromatic rings. The highest BCUT2D eigenvalue weighted by atomic mass is 79.9. The molecule has 0 aliphatic carbocycles. The smallest absolute Gasteiger partial charge is 0.0364 e. The van der Waals surface area contributed by atoms with E-state index in [9.17, 15) is 0 Å². The zero-order chi connectivity index (χ0) is 13.7. The maximum atomic E-state index is 3.61. The highest BCUT2D eigenvalue weighted by Gasteiger charge is 2.09. The Hall–Kier alpha value is -1.06. The van der Waals surface area contributed by atoms with Crippen molar-refractivity contribution < 1.29 is 0 Å². The van der Waals surface area contributed by atoms with Gasteiger partial charge in [-0.2, -0.15) is 0 Å². The Kier molecular flexibility index (Phi) is 5.23. The number of nitrogens with zero attached hydrogens (tertiary/aromatic N) is 1. The van der Waals surface area contributed by atoms with Crippen LogP contribution in [0.3, 0.4) is 0 Å². The number of halogens is 1. The second-order valence-corrected chi connectivity index (χ2v) is 5.67. The zero-order valence-corrected chi connectivity index (χ0v) is 13.2. The van der Waals surface area contributed by atoms with Crippen LogP contribution in [0.4, 0.5) is 0 Å². The Bertz CT molecular complexity index is 519. The Morgan fingerprint density at radius 1 is 1.21 bits per heavy atom. The third-order valence-corrected chi connectivity index (χ3v) is 4.07. The predicted molar refractivity (Wildman–Crippen MR) is 84.1 cm³/mol. The number of benzene rings is 1. The molecule has 0 fully saturated rings. The minimum absolute atomic E-state index is 0.334. The first kappa shape index (κ1) is 14.4. The third kappa shape index (κ3) is 3.71. The summed E-state index contributed by atoms with van der Waals surface area (Å²) in [7, 11) is 0. The van der Waals surface area contributed by atoms with Crippen LogP contribution in [-0.4, -0.2) is 4.57 Å². The van der Waals surface area contributed by atoms with Crippen molar-refractivity contribution in [2.45, 2.75) is 39.4 Å². The van der Waals surface area contributed by atoms with Crippen molar-refractivity contribution >= 4 is 15.9 Å². The third-order valence-electron chi connectivity index (χ3n) is 3.35. The topological polar surface area (TPSA) is 17.0 Å². The first-order valence-corrected chi connectivity index (χ1v) is 7.63. The van der Waals surface area contributed by atoms with Crippen molar-refractivity contribution in [1.82, 2.24) is 9.88 Å². The second-order valence-electron chi connectivity index (χ2n) is 4.82. The standard InChI is InChI=1S/C16H21BrN2/c1-3-10-19-11-6-7-14(19)12-18-13(2)15-8-4-5-9-16(15)17/h4-9,11,13,18H,3,10,12H2,1-2H3. The molecule has 0 bridgehead atoms. The molecule has 102 valence electrons. The van der Waals surface area contributed by atoms with Crippen LogP contribution < -0.4 is 5.32 Å². The minimum atomic E-state index is 0.334. The predicted octanol–water partition coefficient (Wildman–Crippen LogP) is 4.51. The summed E-state index contributed by atoms with van der Waals surface area (Å²) in [4.78, 5) is 0. The highest BCUT2D eigenvalue weighted by Crippen LogP contribution is 2.23. The van der Waals surface area contributed by atoms with Crippen molar-refractivity contribution in [3.05, 3.63) is 58.3 Å². The monoisotopic (exact) mass is 320 g/mol. The molecule has 1 heterocycles. The molecule has 1 atom stereocenters. The van der Waals surface area contributed by atoms with Crippen LogP contribution in [0.5, 0.6) is 0 Å². The van der Waals surface area contributed by atoms with Gasteiger partial charge in [0.05, 0.1) is 0 Å². The van der Waals surface area contributed by atoms with Gasteiger partial charge >= 0.3 is 0 Å². The van der Waals surface area contributed by atoms with Gasteiger partial charge in [-0.15, -0.1) is 0 Å². The molecule has 3 heteroatoms. The van der Waals surface area contributed by atoms with Gasteiger partial charge in [-0.25, -0.2) is 0 Å². The van der Waals surface area contributed by atoms with E-state index < -0.39 is 0 Å². The fourth-order valence-electron chi connectivity index (χ4n) is 2.26. The zero-order valence-electron chi connectivity index (χ0n) is 11.6. The second kappa shape index (κ2) is 6.92. The lowest BCUT2D eigenvalue weighted by atomic mass is 10.1. The van der Waals surface area contributed by atoms with Crippen LogP contribution in [0.1, 0.15) is 37.6 Å². The van der Waals surface area contributed by atoms with E-state index in [-0.39, 0.29) is 0 Å². The van der Waals surface area contributed by atoms with Gasteiger partial charge in [-0.1, -0.05) is 41.1 Å². The fourth-order valence-corrected chi connectivity index (χ4v) is 2.89. The minimum Gasteiger partial charge on any atom is -0.350 e. The van der Waals surface area contributed by atoms with Crippen LogP contribution in [0.25, 0.3) is 0 Å². The number of hydrogen-bond acceptors (Lipinski definition) is 1. The molecule has 1 unspecified atom stereocenters. The van der Waals surface area contributed by atoms with Gasteiger partial charge in [0.2, 0.25) is 0 Å². The van der Waals surface area contributed by atoms with E-state index in [1.54, 1.807) is 0 Å². The number of aryl methyl sites for hydroxylation is 1. The molecular weight excluding hydrogens is 300 g/mol. The molecule has 0 radical (unpaired) electrons. The molecule has 2 rings (SSSR count). The molecule has 0 spiro atoms. The quantitative estimate of drug-likeness (QED) is 0.828. The molecule has 0 aliphatic heterocycles.